The van der Waals surface area contributed by atoms with Crippen LogP contribution >= 0.6 is 0 Å². The summed E-state index contributed by atoms with van der Waals surface area (Å²) >= 11 is 0. The van der Waals surface area contributed by atoms with Crippen LogP contribution in [0.1, 0.15) is 18.7 Å². The van der Waals surface area contributed by atoms with Gasteiger partial charge < -0.3 is 14.8 Å². The van der Waals surface area contributed by atoms with Crippen LogP contribution in [0.15, 0.2) is 0 Å². The maximum absolute atomic E-state index is 5.03. The molecule has 1 fully saturated rings. The largest absolute Gasteiger partial charge is 0.467 e. The van der Waals surface area contributed by atoms with E-state index in [4.69, 9.17) is 9.47 Å². The van der Waals surface area contributed by atoms with Gasteiger partial charge in [-0.25, -0.2) is 0 Å². The van der Waals surface area contributed by atoms with Crippen LogP contribution in [0.3, 0.4) is 0 Å². The van der Waals surface area contributed by atoms with E-state index in [2.05, 4.69) is 20.3 Å². The summed E-state index contributed by atoms with van der Waals surface area (Å²) in [7, 11) is 5.04. The molecule has 1 atom stereocenters. The number of nitrogens with zero attached hydrogens (tertiary/aromatic N) is 3. The normalized spacial score (nSPS) is 16.6. The molecule has 0 aromatic carbocycles. The molecule has 17 heavy (non-hydrogen) atoms. The second kappa shape index (κ2) is 5.27. The standard InChI is InChI=1S/C11H18N4O2/c1-12-8(7-4-5-7)6-9-13-10(16-2)15-11(14-9)17-3/h7-8,12H,4-6H2,1-3H3. The van der Waals surface area contributed by atoms with Crippen LogP contribution < -0.4 is 14.8 Å². The van der Waals surface area contributed by atoms with Gasteiger partial charge in [0.05, 0.1) is 14.2 Å². The van der Waals surface area contributed by atoms with Crippen molar-refractivity contribution in [1.82, 2.24) is 20.3 Å². The van der Waals surface area contributed by atoms with Crippen LogP contribution in [-0.4, -0.2) is 42.3 Å². The average Bonchev–Trinajstić information content (AvgIpc) is 3.19. The third-order valence-electron chi connectivity index (χ3n) is 2.97. The Labute approximate surface area is 101 Å². The Balaban J connectivity index is 2.12. The Morgan fingerprint density at radius 2 is 1.76 bits per heavy atom. The van der Waals surface area contributed by atoms with Gasteiger partial charge in [-0.1, -0.05) is 0 Å². The van der Waals surface area contributed by atoms with Crippen molar-refractivity contribution in [2.24, 2.45) is 5.92 Å². The Kier molecular flexibility index (Phi) is 3.73. The van der Waals surface area contributed by atoms with Crippen molar-refractivity contribution in [3.05, 3.63) is 5.82 Å². The maximum atomic E-state index is 5.03. The topological polar surface area (TPSA) is 69.2 Å². The zero-order chi connectivity index (χ0) is 12.3. The van der Waals surface area contributed by atoms with E-state index in [0.29, 0.717) is 23.9 Å². The molecule has 1 aromatic heterocycles. The average molecular weight is 238 g/mol. The summed E-state index contributed by atoms with van der Waals surface area (Å²) in [5, 5.41) is 3.31. The monoisotopic (exact) mass is 238 g/mol. The van der Waals surface area contributed by atoms with Gasteiger partial charge in [0, 0.05) is 12.5 Å². The molecule has 1 saturated carbocycles. The van der Waals surface area contributed by atoms with E-state index < -0.39 is 0 Å². The number of methoxy groups -OCH3 is 2. The highest BCUT2D eigenvalue weighted by Gasteiger charge is 2.31. The molecule has 1 unspecified atom stereocenters. The fraction of sp³-hybridized carbons (Fsp3) is 0.727. The van der Waals surface area contributed by atoms with Crippen molar-refractivity contribution in [2.45, 2.75) is 25.3 Å². The van der Waals surface area contributed by atoms with E-state index >= 15 is 0 Å². The number of aromatic nitrogens is 3. The quantitative estimate of drug-likeness (QED) is 0.775. The van der Waals surface area contributed by atoms with Gasteiger partial charge >= 0.3 is 12.0 Å². The van der Waals surface area contributed by atoms with E-state index in [1.54, 1.807) is 0 Å². The summed E-state index contributed by atoms with van der Waals surface area (Å²) in [5.74, 6) is 1.45. The van der Waals surface area contributed by atoms with Crippen molar-refractivity contribution in [3.8, 4) is 12.0 Å². The van der Waals surface area contributed by atoms with Gasteiger partial charge in [0.15, 0.2) is 0 Å². The minimum Gasteiger partial charge on any atom is -0.467 e. The molecule has 0 spiro atoms. The number of likely N-dealkylation sites (N-methyl/N-ethyl adjacent to an activating group) is 1. The molecular formula is C11H18N4O2. The summed E-state index contributed by atoms with van der Waals surface area (Å²) in [6.45, 7) is 0. The molecule has 6 nitrogen and oxygen atoms in total. The van der Waals surface area contributed by atoms with E-state index in [-0.39, 0.29) is 0 Å². The minimum atomic E-state index is 0.303. The Hall–Kier alpha value is -1.43. The summed E-state index contributed by atoms with van der Waals surface area (Å²) in [6.07, 6.45) is 3.34. The molecule has 2 rings (SSSR count). The van der Waals surface area contributed by atoms with Gasteiger partial charge in [-0.2, -0.15) is 9.97 Å². The summed E-state index contributed by atoms with van der Waals surface area (Å²) in [6, 6.07) is 1.03. The SMILES string of the molecule is CNC(Cc1nc(OC)nc(OC)n1)C1CC1. The fourth-order valence-electron chi connectivity index (χ4n) is 1.85. The molecule has 1 N–H and O–H groups in total. The third-order valence-corrected chi connectivity index (χ3v) is 2.97. The highest BCUT2D eigenvalue weighted by atomic mass is 16.5. The lowest BCUT2D eigenvalue weighted by atomic mass is 10.1. The van der Waals surface area contributed by atoms with Crippen molar-refractivity contribution >= 4 is 0 Å². The highest BCUT2D eigenvalue weighted by molar-refractivity contribution is 5.07. The van der Waals surface area contributed by atoms with Crippen LogP contribution in [0.5, 0.6) is 12.0 Å². The van der Waals surface area contributed by atoms with Gasteiger partial charge in [-0.05, 0) is 25.8 Å². The first-order chi connectivity index (χ1) is 8.26. The van der Waals surface area contributed by atoms with E-state index in [1.165, 1.54) is 27.1 Å². The molecule has 0 bridgehead atoms. The lowest BCUT2D eigenvalue weighted by molar-refractivity contribution is 0.334. The van der Waals surface area contributed by atoms with Crippen LogP contribution in [0.25, 0.3) is 0 Å². The third kappa shape index (κ3) is 3.03. The molecule has 1 aliphatic rings. The first-order valence-electron chi connectivity index (χ1n) is 5.77. The Bertz CT molecular complexity index is 359. The lowest BCUT2D eigenvalue weighted by Crippen LogP contribution is -2.30. The fourth-order valence-corrected chi connectivity index (χ4v) is 1.85. The first-order valence-corrected chi connectivity index (χ1v) is 5.77. The molecule has 1 heterocycles. The van der Waals surface area contributed by atoms with Gasteiger partial charge in [-0.15, -0.1) is 4.98 Å². The van der Waals surface area contributed by atoms with E-state index in [9.17, 15) is 0 Å². The summed E-state index contributed by atoms with van der Waals surface area (Å²) in [5.41, 5.74) is 0. The smallest absolute Gasteiger partial charge is 0.322 e. The second-order valence-electron chi connectivity index (χ2n) is 4.16. The van der Waals surface area contributed by atoms with Gasteiger partial charge in [0.2, 0.25) is 0 Å². The van der Waals surface area contributed by atoms with Crippen LogP contribution in [0.2, 0.25) is 0 Å². The molecule has 1 aliphatic carbocycles. The molecular weight excluding hydrogens is 220 g/mol. The summed E-state index contributed by atoms with van der Waals surface area (Å²) in [4.78, 5) is 12.4. The summed E-state index contributed by atoms with van der Waals surface area (Å²) < 4.78 is 10.1. The predicted molar refractivity (Wildman–Crippen MR) is 62.2 cm³/mol. The maximum Gasteiger partial charge on any atom is 0.322 e. The van der Waals surface area contributed by atoms with Crippen molar-refractivity contribution in [3.63, 3.8) is 0 Å². The van der Waals surface area contributed by atoms with E-state index in [1.807, 2.05) is 7.05 Å². The van der Waals surface area contributed by atoms with Crippen LogP contribution in [0, 0.1) is 5.92 Å². The van der Waals surface area contributed by atoms with Gasteiger partial charge in [0.25, 0.3) is 0 Å². The van der Waals surface area contributed by atoms with E-state index in [0.717, 1.165) is 12.3 Å². The van der Waals surface area contributed by atoms with Crippen LogP contribution in [-0.2, 0) is 6.42 Å². The van der Waals surface area contributed by atoms with Gasteiger partial charge in [-0.3, -0.25) is 0 Å². The highest BCUT2D eigenvalue weighted by Crippen LogP contribution is 2.33. The number of rotatable bonds is 6. The number of ether oxygens (including phenoxy) is 2. The molecule has 6 heteroatoms. The molecule has 0 aliphatic heterocycles. The zero-order valence-corrected chi connectivity index (χ0v) is 10.4. The first kappa shape index (κ1) is 12.0. The Morgan fingerprint density at radius 1 is 1.18 bits per heavy atom. The number of hydrogen-bond donors (Lipinski definition) is 1. The molecule has 0 radical (unpaired) electrons. The van der Waals surface area contributed by atoms with Crippen LogP contribution in [0.4, 0.5) is 0 Å². The number of hydrogen-bond acceptors (Lipinski definition) is 6. The van der Waals surface area contributed by atoms with Crippen molar-refractivity contribution < 1.29 is 9.47 Å². The predicted octanol–water partition coefficient (Wildman–Crippen LogP) is 0.429. The van der Waals surface area contributed by atoms with Crippen molar-refractivity contribution in [2.75, 3.05) is 21.3 Å². The molecule has 0 saturated heterocycles. The molecule has 94 valence electrons. The molecule has 1 aromatic rings. The second-order valence-corrected chi connectivity index (χ2v) is 4.16. The Morgan fingerprint density at radius 3 is 2.18 bits per heavy atom. The minimum absolute atomic E-state index is 0.303. The zero-order valence-electron chi connectivity index (χ0n) is 10.4. The number of nitrogens with one attached hydrogen (secondary N) is 1. The van der Waals surface area contributed by atoms with Crippen molar-refractivity contribution in [1.29, 1.82) is 0 Å². The molecule has 0 amide bonds. The van der Waals surface area contributed by atoms with Gasteiger partial charge in [0.1, 0.15) is 5.82 Å². The lowest BCUT2D eigenvalue weighted by Gasteiger charge is -2.14.